The summed E-state index contributed by atoms with van der Waals surface area (Å²) in [6, 6.07) is 12.7. The third kappa shape index (κ3) is 8.30. The molecule has 0 N–H and O–H groups in total. The fraction of sp³-hybridized carbons (Fsp3) is 0.556. The van der Waals surface area contributed by atoms with Gasteiger partial charge in [0.05, 0.1) is 11.5 Å². The molecule has 2 heterocycles. The number of rotatable bonds is 10. The highest BCUT2D eigenvalue weighted by atomic mass is 32.2. The van der Waals surface area contributed by atoms with Crippen LogP contribution >= 0.6 is 0 Å². The number of hydrogen-bond donors (Lipinski definition) is 0. The molecule has 47 heavy (non-hydrogen) atoms. The van der Waals surface area contributed by atoms with E-state index in [2.05, 4.69) is 4.90 Å². The molecule has 0 radical (unpaired) electrons. The number of aryl methyl sites for hydroxylation is 1. The molecule has 1 aliphatic carbocycles. The van der Waals surface area contributed by atoms with E-state index in [0.717, 1.165) is 30.5 Å². The zero-order valence-electron chi connectivity index (χ0n) is 28.4. The Kier molecular flexibility index (Phi) is 10.9. The van der Waals surface area contributed by atoms with Crippen molar-refractivity contribution in [3.63, 3.8) is 0 Å². The van der Waals surface area contributed by atoms with E-state index in [-0.39, 0.29) is 29.9 Å². The number of furan rings is 1. The Labute approximate surface area is 279 Å². The van der Waals surface area contributed by atoms with Gasteiger partial charge in [0.2, 0.25) is 15.8 Å². The number of benzene rings is 2. The van der Waals surface area contributed by atoms with E-state index in [0.29, 0.717) is 55.2 Å². The fourth-order valence-corrected chi connectivity index (χ4v) is 8.05. The van der Waals surface area contributed by atoms with Gasteiger partial charge in [0.1, 0.15) is 11.2 Å². The minimum atomic E-state index is -3.93. The monoisotopic (exact) mass is 667 g/mol. The molecule has 3 aromatic rings. The second-order valence-electron chi connectivity index (χ2n) is 13.6. The lowest BCUT2D eigenvalue weighted by atomic mass is 9.87. The maximum Gasteiger partial charge on any atom is 0.410 e. The van der Waals surface area contributed by atoms with Crippen molar-refractivity contribution >= 4 is 38.7 Å². The Hall–Kier alpha value is -3.57. The standard InChI is InChI=1S/C36H49N3O7S/c1-6-44-34(40)33-26(2)30-24-29(16-17-32(30)45-33)47(42,43)39(19-18-27-12-8-7-9-13-27)25-28-14-10-11-15-31(28)37-20-22-38(23-21-37)35(41)46-36(3,4)5/h10-11,14-17,24,27H,6-9,12-13,18-23,25H2,1-5H3. The number of carbonyl (C=O) groups excluding carboxylic acids is 2. The number of amides is 1. The lowest BCUT2D eigenvalue weighted by Gasteiger charge is -2.38. The Bertz CT molecular complexity index is 1660. The van der Waals surface area contributed by atoms with Crippen LogP contribution in [0.4, 0.5) is 10.5 Å². The highest BCUT2D eigenvalue weighted by Gasteiger charge is 2.31. The first-order valence-electron chi connectivity index (χ1n) is 16.9. The molecule has 0 unspecified atom stereocenters. The minimum Gasteiger partial charge on any atom is -0.460 e. The number of piperazine rings is 1. The van der Waals surface area contributed by atoms with Gasteiger partial charge in [-0.15, -0.1) is 0 Å². The van der Waals surface area contributed by atoms with Gasteiger partial charge in [-0.05, 0) is 76.8 Å². The van der Waals surface area contributed by atoms with Crippen LogP contribution in [0.25, 0.3) is 11.0 Å². The zero-order valence-corrected chi connectivity index (χ0v) is 29.2. The van der Waals surface area contributed by atoms with E-state index in [1.165, 1.54) is 19.3 Å². The summed E-state index contributed by atoms with van der Waals surface area (Å²) in [7, 11) is -3.93. The topological polar surface area (TPSA) is 110 Å². The molecule has 1 amide bonds. The van der Waals surface area contributed by atoms with Gasteiger partial charge in [-0.3, -0.25) is 0 Å². The molecule has 0 bridgehead atoms. The maximum absolute atomic E-state index is 14.5. The number of hydrogen-bond acceptors (Lipinski definition) is 8. The Balaban J connectivity index is 1.41. The molecule has 11 heteroatoms. The smallest absolute Gasteiger partial charge is 0.410 e. The molecule has 0 spiro atoms. The van der Waals surface area contributed by atoms with Crippen molar-refractivity contribution in [1.29, 1.82) is 0 Å². The third-order valence-electron chi connectivity index (χ3n) is 9.13. The quantitative estimate of drug-likeness (QED) is 0.210. The number of nitrogens with zero attached hydrogens (tertiary/aromatic N) is 3. The van der Waals surface area contributed by atoms with Gasteiger partial charge in [0.25, 0.3) is 0 Å². The Morgan fingerprint density at radius 2 is 1.70 bits per heavy atom. The van der Waals surface area contributed by atoms with E-state index < -0.39 is 21.6 Å². The summed E-state index contributed by atoms with van der Waals surface area (Å²) in [5, 5.41) is 0.574. The summed E-state index contributed by atoms with van der Waals surface area (Å²) in [6.45, 7) is 12.2. The van der Waals surface area contributed by atoms with Crippen molar-refractivity contribution in [2.75, 3.05) is 44.2 Å². The predicted octanol–water partition coefficient (Wildman–Crippen LogP) is 7.14. The van der Waals surface area contributed by atoms with Gasteiger partial charge < -0.3 is 23.7 Å². The molecular weight excluding hydrogens is 618 g/mol. The van der Waals surface area contributed by atoms with E-state index in [1.54, 1.807) is 41.3 Å². The largest absolute Gasteiger partial charge is 0.460 e. The lowest BCUT2D eigenvalue weighted by Crippen LogP contribution is -2.50. The van der Waals surface area contributed by atoms with E-state index in [9.17, 15) is 18.0 Å². The van der Waals surface area contributed by atoms with Gasteiger partial charge in [-0.25, -0.2) is 18.0 Å². The average Bonchev–Trinajstić information content (AvgIpc) is 3.38. The molecule has 1 saturated heterocycles. The van der Waals surface area contributed by atoms with Crippen molar-refractivity contribution in [2.24, 2.45) is 5.92 Å². The van der Waals surface area contributed by atoms with Crippen LogP contribution in [0.15, 0.2) is 51.8 Å². The average molecular weight is 668 g/mol. The predicted molar refractivity (Wildman–Crippen MR) is 182 cm³/mol. The number of anilines is 1. The van der Waals surface area contributed by atoms with Crippen LogP contribution in [-0.2, 0) is 26.0 Å². The molecule has 10 nitrogen and oxygen atoms in total. The lowest BCUT2D eigenvalue weighted by molar-refractivity contribution is 0.0240. The zero-order chi connectivity index (χ0) is 33.8. The molecule has 2 aliphatic rings. The number of sulfonamides is 1. The number of esters is 1. The second kappa shape index (κ2) is 14.7. The van der Waals surface area contributed by atoms with Crippen LogP contribution in [0.3, 0.4) is 0 Å². The van der Waals surface area contributed by atoms with Crippen LogP contribution < -0.4 is 4.90 Å². The SMILES string of the molecule is CCOC(=O)c1oc2ccc(S(=O)(=O)N(CCC3CCCCC3)Cc3ccccc3N3CCN(C(=O)OC(C)(C)C)CC3)cc2c1C. The molecule has 2 aromatic carbocycles. The van der Waals surface area contributed by atoms with E-state index in [1.807, 2.05) is 45.0 Å². The van der Waals surface area contributed by atoms with Crippen molar-refractivity contribution in [2.45, 2.75) is 90.2 Å². The summed E-state index contributed by atoms with van der Waals surface area (Å²) < 4.78 is 47.0. The molecule has 256 valence electrons. The molecule has 1 saturated carbocycles. The number of para-hydroxylation sites is 1. The third-order valence-corrected chi connectivity index (χ3v) is 11.0. The summed E-state index contributed by atoms with van der Waals surface area (Å²) in [6.07, 6.45) is 6.36. The van der Waals surface area contributed by atoms with Crippen molar-refractivity contribution < 1.29 is 31.9 Å². The van der Waals surface area contributed by atoms with Gasteiger partial charge in [0, 0.05) is 55.9 Å². The molecule has 2 fully saturated rings. The normalized spacial score (nSPS) is 16.6. The Morgan fingerprint density at radius 3 is 2.38 bits per heavy atom. The highest BCUT2D eigenvalue weighted by Crippen LogP contribution is 2.33. The summed E-state index contributed by atoms with van der Waals surface area (Å²) in [5.74, 6) is 0.0258. The summed E-state index contributed by atoms with van der Waals surface area (Å²) in [5.41, 5.74) is 2.32. The molecule has 5 rings (SSSR count). The van der Waals surface area contributed by atoms with Crippen LogP contribution in [0, 0.1) is 12.8 Å². The van der Waals surface area contributed by atoms with Crippen LogP contribution in [0.5, 0.6) is 0 Å². The molecule has 0 atom stereocenters. The Morgan fingerprint density at radius 1 is 1.00 bits per heavy atom. The molecule has 1 aromatic heterocycles. The van der Waals surface area contributed by atoms with Crippen LogP contribution in [-0.4, -0.2) is 74.6 Å². The minimum absolute atomic E-state index is 0.0891. The second-order valence-corrected chi connectivity index (χ2v) is 15.6. The van der Waals surface area contributed by atoms with Crippen molar-refractivity contribution in [3.05, 3.63) is 59.4 Å². The van der Waals surface area contributed by atoms with Gasteiger partial charge >= 0.3 is 12.1 Å². The number of ether oxygens (including phenoxy) is 2. The van der Waals surface area contributed by atoms with Crippen molar-refractivity contribution in [3.8, 4) is 0 Å². The number of carbonyl (C=O) groups is 2. The van der Waals surface area contributed by atoms with E-state index in [4.69, 9.17) is 13.9 Å². The van der Waals surface area contributed by atoms with Crippen LogP contribution in [0.1, 0.15) is 87.9 Å². The maximum atomic E-state index is 14.5. The first kappa shape index (κ1) is 34.8. The van der Waals surface area contributed by atoms with Gasteiger partial charge in [-0.1, -0.05) is 50.3 Å². The van der Waals surface area contributed by atoms with Gasteiger partial charge in [0.15, 0.2) is 0 Å². The molecular formula is C36H49N3O7S. The summed E-state index contributed by atoms with van der Waals surface area (Å²) >= 11 is 0. The van der Waals surface area contributed by atoms with Crippen molar-refractivity contribution in [1.82, 2.24) is 9.21 Å². The first-order valence-corrected chi connectivity index (χ1v) is 18.3. The first-order chi connectivity index (χ1) is 22.4. The number of fused-ring (bicyclic) bond motifs is 1. The highest BCUT2D eigenvalue weighted by molar-refractivity contribution is 7.89. The molecule has 1 aliphatic heterocycles. The van der Waals surface area contributed by atoms with Gasteiger partial charge in [-0.2, -0.15) is 4.31 Å². The van der Waals surface area contributed by atoms with E-state index >= 15 is 0 Å². The summed E-state index contributed by atoms with van der Waals surface area (Å²) in [4.78, 5) is 29.2. The van der Waals surface area contributed by atoms with Crippen LogP contribution in [0.2, 0.25) is 0 Å². The fourth-order valence-electron chi connectivity index (χ4n) is 6.59.